The predicted molar refractivity (Wildman–Crippen MR) is 88.8 cm³/mol. The van der Waals surface area contributed by atoms with Gasteiger partial charge in [-0.05, 0) is 67.9 Å². The van der Waals surface area contributed by atoms with E-state index in [2.05, 4.69) is 6.92 Å². The Bertz CT molecular complexity index is 517. The van der Waals surface area contributed by atoms with Crippen LogP contribution in [-0.4, -0.2) is 6.61 Å². The average molecular weight is 322 g/mol. The van der Waals surface area contributed by atoms with Gasteiger partial charge in [-0.25, -0.2) is 4.39 Å². The number of hydrogen-bond donors (Lipinski definition) is 0. The first-order chi connectivity index (χ1) is 11.2. The van der Waals surface area contributed by atoms with Gasteiger partial charge in [-0.15, -0.1) is 0 Å². The van der Waals surface area contributed by atoms with Gasteiger partial charge in [0, 0.05) is 0 Å². The van der Waals surface area contributed by atoms with Crippen LogP contribution in [0.3, 0.4) is 0 Å². The van der Waals surface area contributed by atoms with Gasteiger partial charge in [0.05, 0.1) is 6.61 Å². The van der Waals surface area contributed by atoms with E-state index in [4.69, 9.17) is 4.74 Å². The SMILES string of the molecule is CCCC1CCC(c2ccc(OCC3CCC3)c(F)c2F)CC1. The van der Waals surface area contributed by atoms with Crippen molar-refractivity contribution in [1.29, 1.82) is 0 Å². The minimum absolute atomic E-state index is 0.0813. The third kappa shape index (κ3) is 3.87. The molecule has 0 unspecified atom stereocenters. The molecule has 128 valence electrons. The lowest BCUT2D eigenvalue weighted by atomic mass is 9.77. The van der Waals surface area contributed by atoms with Gasteiger partial charge in [-0.3, -0.25) is 0 Å². The Hall–Kier alpha value is -1.12. The van der Waals surface area contributed by atoms with Gasteiger partial charge in [-0.2, -0.15) is 4.39 Å². The van der Waals surface area contributed by atoms with Crippen molar-refractivity contribution in [2.45, 2.75) is 70.6 Å². The summed E-state index contributed by atoms with van der Waals surface area (Å²) in [5.41, 5.74) is 0.549. The Morgan fingerprint density at radius 3 is 2.30 bits per heavy atom. The molecule has 23 heavy (non-hydrogen) atoms. The van der Waals surface area contributed by atoms with E-state index in [1.807, 2.05) is 0 Å². The Balaban J connectivity index is 1.63. The molecule has 0 aromatic heterocycles. The Labute approximate surface area is 138 Å². The van der Waals surface area contributed by atoms with Crippen molar-refractivity contribution in [3.63, 3.8) is 0 Å². The number of hydrogen-bond acceptors (Lipinski definition) is 1. The maximum atomic E-state index is 14.5. The van der Waals surface area contributed by atoms with Crippen molar-refractivity contribution < 1.29 is 13.5 Å². The first-order valence-electron chi connectivity index (χ1n) is 9.29. The molecule has 0 N–H and O–H groups in total. The van der Waals surface area contributed by atoms with E-state index in [1.54, 1.807) is 12.1 Å². The highest BCUT2D eigenvalue weighted by atomic mass is 19.2. The van der Waals surface area contributed by atoms with Crippen LogP contribution in [0.15, 0.2) is 12.1 Å². The zero-order valence-electron chi connectivity index (χ0n) is 14.1. The average Bonchev–Trinajstić information content (AvgIpc) is 2.51. The summed E-state index contributed by atoms with van der Waals surface area (Å²) < 4.78 is 34.2. The van der Waals surface area contributed by atoms with Gasteiger partial charge in [0.15, 0.2) is 11.6 Å². The number of rotatable bonds is 6. The topological polar surface area (TPSA) is 9.23 Å². The highest BCUT2D eigenvalue weighted by Crippen LogP contribution is 2.40. The zero-order chi connectivity index (χ0) is 16.2. The molecule has 3 rings (SSSR count). The third-order valence-corrected chi connectivity index (χ3v) is 5.76. The molecule has 2 aliphatic rings. The van der Waals surface area contributed by atoms with Crippen molar-refractivity contribution in [2.75, 3.05) is 6.61 Å². The second kappa shape index (κ2) is 7.63. The highest BCUT2D eigenvalue weighted by molar-refractivity contribution is 5.33. The normalized spacial score (nSPS) is 25.2. The summed E-state index contributed by atoms with van der Waals surface area (Å²) in [6, 6.07) is 3.38. The van der Waals surface area contributed by atoms with Crippen molar-refractivity contribution in [3.8, 4) is 5.75 Å². The van der Waals surface area contributed by atoms with E-state index in [-0.39, 0.29) is 11.7 Å². The van der Waals surface area contributed by atoms with Crippen LogP contribution in [0, 0.1) is 23.5 Å². The van der Waals surface area contributed by atoms with Gasteiger partial charge >= 0.3 is 0 Å². The van der Waals surface area contributed by atoms with E-state index >= 15 is 0 Å². The largest absolute Gasteiger partial charge is 0.490 e. The van der Waals surface area contributed by atoms with Crippen LogP contribution >= 0.6 is 0 Å². The van der Waals surface area contributed by atoms with Crippen molar-refractivity contribution >= 4 is 0 Å². The van der Waals surface area contributed by atoms with E-state index in [0.717, 1.165) is 44.4 Å². The minimum atomic E-state index is -0.794. The molecule has 2 aliphatic carbocycles. The van der Waals surface area contributed by atoms with Gasteiger partial charge in [0.25, 0.3) is 0 Å². The van der Waals surface area contributed by atoms with Gasteiger partial charge in [-0.1, -0.05) is 32.3 Å². The van der Waals surface area contributed by atoms with Crippen LogP contribution in [0.25, 0.3) is 0 Å². The maximum Gasteiger partial charge on any atom is 0.200 e. The lowest BCUT2D eigenvalue weighted by molar-refractivity contribution is 0.174. The van der Waals surface area contributed by atoms with E-state index in [9.17, 15) is 8.78 Å². The lowest BCUT2D eigenvalue weighted by Crippen LogP contribution is -2.20. The first kappa shape index (κ1) is 16.7. The monoisotopic (exact) mass is 322 g/mol. The van der Waals surface area contributed by atoms with Crippen LogP contribution in [0.5, 0.6) is 5.75 Å². The van der Waals surface area contributed by atoms with E-state index in [1.165, 1.54) is 19.3 Å². The lowest BCUT2D eigenvalue weighted by Gasteiger charge is -2.29. The van der Waals surface area contributed by atoms with Crippen LogP contribution in [0.2, 0.25) is 0 Å². The highest BCUT2D eigenvalue weighted by Gasteiger charge is 2.26. The fourth-order valence-corrected chi connectivity index (χ4v) is 4.01. The standard InChI is InChI=1S/C20H28F2O/c1-2-4-14-7-9-16(10-8-14)17-11-12-18(20(22)19(17)21)23-13-15-5-3-6-15/h11-12,14-16H,2-10,13H2,1H3. The summed E-state index contributed by atoms with van der Waals surface area (Å²) in [6.07, 6.45) is 10.2. The van der Waals surface area contributed by atoms with Gasteiger partial charge in [0.2, 0.25) is 5.82 Å². The molecule has 0 atom stereocenters. The molecule has 2 saturated carbocycles. The molecule has 0 radical (unpaired) electrons. The van der Waals surface area contributed by atoms with Crippen LogP contribution < -0.4 is 4.74 Å². The number of halogens is 2. The third-order valence-electron chi connectivity index (χ3n) is 5.76. The molecular weight excluding hydrogens is 294 g/mol. The van der Waals surface area contributed by atoms with Crippen LogP contribution in [0.4, 0.5) is 8.78 Å². The molecular formula is C20H28F2O. The Kier molecular flexibility index (Phi) is 5.55. The molecule has 0 amide bonds. The fourth-order valence-electron chi connectivity index (χ4n) is 4.01. The Morgan fingerprint density at radius 1 is 0.957 bits per heavy atom. The number of benzene rings is 1. The molecule has 0 saturated heterocycles. The smallest absolute Gasteiger partial charge is 0.200 e. The van der Waals surface area contributed by atoms with Crippen LogP contribution in [0.1, 0.15) is 76.2 Å². The van der Waals surface area contributed by atoms with Crippen molar-refractivity contribution in [1.82, 2.24) is 0 Å². The summed E-state index contributed by atoms with van der Waals surface area (Å²) >= 11 is 0. The molecule has 1 aromatic carbocycles. The Morgan fingerprint density at radius 2 is 1.70 bits per heavy atom. The summed E-state index contributed by atoms with van der Waals surface area (Å²) in [5.74, 6) is 0.0592. The van der Waals surface area contributed by atoms with Crippen molar-refractivity contribution in [3.05, 3.63) is 29.3 Å². The fraction of sp³-hybridized carbons (Fsp3) is 0.700. The van der Waals surface area contributed by atoms with Crippen LogP contribution in [-0.2, 0) is 0 Å². The molecule has 0 bridgehead atoms. The quantitative estimate of drug-likeness (QED) is 0.604. The van der Waals surface area contributed by atoms with Gasteiger partial charge < -0.3 is 4.74 Å². The second-order valence-electron chi connectivity index (χ2n) is 7.40. The van der Waals surface area contributed by atoms with E-state index < -0.39 is 11.6 Å². The molecule has 1 aromatic rings. The second-order valence-corrected chi connectivity index (χ2v) is 7.40. The molecule has 2 fully saturated rings. The summed E-state index contributed by atoms with van der Waals surface area (Å²) in [7, 11) is 0. The summed E-state index contributed by atoms with van der Waals surface area (Å²) in [6.45, 7) is 2.72. The minimum Gasteiger partial charge on any atom is -0.490 e. The maximum absolute atomic E-state index is 14.5. The van der Waals surface area contributed by atoms with Gasteiger partial charge in [0.1, 0.15) is 0 Å². The van der Waals surface area contributed by atoms with E-state index in [0.29, 0.717) is 18.1 Å². The molecule has 0 spiro atoms. The molecule has 0 aliphatic heterocycles. The number of ether oxygens (including phenoxy) is 1. The molecule has 1 nitrogen and oxygen atoms in total. The molecule has 0 heterocycles. The summed E-state index contributed by atoms with van der Waals surface area (Å²) in [5, 5.41) is 0. The summed E-state index contributed by atoms with van der Waals surface area (Å²) in [4.78, 5) is 0. The first-order valence-corrected chi connectivity index (χ1v) is 9.29. The molecule has 3 heteroatoms. The predicted octanol–water partition coefficient (Wildman–Crippen LogP) is 6.22. The zero-order valence-corrected chi connectivity index (χ0v) is 14.1. The van der Waals surface area contributed by atoms with Crippen molar-refractivity contribution in [2.24, 2.45) is 11.8 Å².